The average molecular weight is 224 g/mol. The monoisotopic (exact) mass is 224 g/mol. The molecule has 2 atom stereocenters. The molecule has 0 spiro atoms. The van der Waals surface area contributed by atoms with Crippen LogP contribution in [0.2, 0.25) is 0 Å². The molecule has 0 aliphatic heterocycles. The van der Waals surface area contributed by atoms with Gasteiger partial charge in [-0.1, -0.05) is 0 Å². The largest absolute Gasteiger partial charge is 0.479 e. The Balaban J connectivity index is 4.20. The Labute approximate surface area is 87.5 Å². The molecule has 7 nitrogen and oxygen atoms in total. The number of aliphatic carboxylic acids is 1. The third-order valence-corrected chi connectivity index (χ3v) is 1.53. The molecule has 0 saturated carbocycles. The van der Waals surface area contributed by atoms with Gasteiger partial charge in [0, 0.05) is 14.2 Å². The summed E-state index contributed by atoms with van der Waals surface area (Å²) in [7, 11) is 2.75. The van der Waals surface area contributed by atoms with Crippen LogP contribution >= 0.6 is 0 Å². The first-order valence-corrected chi connectivity index (χ1v) is 4.22. The van der Waals surface area contributed by atoms with Crippen molar-refractivity contribution in [2.24, 2.45) is 0 Å². The van der Waals surface area contributed by atoms with E-state index in [0.29, 0.717) is 0 Å². The molecule has 0 aromatic rings. The van der Waals surface area contributed by atoms with Gasteiger partial charge in [0.1, 0.15) is 19.7 Å². The van der Waals surface area contributed by atoms with Crippen molar-refractivity contribution in [3.05, 3.63) is 0 Å². The normalized spacial score (nSPS) is 14.9. The van der Waals surface area contributed by atoms with Crippen LogP contribution in [0.5, 0.6) is 0 Å². The van der Waals surface area contributed by atoms with Gasteiger partial charge in [0.2, 0.25) is 0 Å². The van der Waals surface area contributed by atoms with E-state index in [2.05, 4.69) is 9.47 Å². The number of hydrogen-bond acceptors (Lipinski definition) is 6. The maximum absolute atomic E-state index is 10.8. The van der Waals surface area contributed by atoms with Crippen LogP contribution in [-0.4, -0.2) is 62.8 Å². The second-order valence-corrected chi connectivity index (χ2v) is 2.63. The van der Waals surface area contributed by atoms with E-state index in [1.165, 1.54) is 14.2 Å². The summed E-state index contributed by atoms with van der Waals surface area (Å²) in [4.78, 5) is 10.8. The SMILES string of the molecule is COCO[C@@H](CO)[C@@H](OCOC)C(=O)O. The van der Waals surface area contributed by atoms with Crippen molar-refractivity contribution in [3.63, 3.8) is 0 Å². The van der Waals surface area contributed by atoms with Crippen LogP contribution in [0.25, 0.3) is 0 Å². The number of hydrogen-bond donors (Lipinski definition) is 2. The molecule has 90 valence electrons. The molecule has 0 saturated heterocycles. The Morgan fingerprint density at radius 1 is 1.20 bits per heavy atom. The number of ether oxygens (including phenoxy) is 4. The van der Waals surface area contributed by atoms with Gasteiger partial charge in [-0.15, -0.1) is 0 Å². The Morgan fingerprint density at radius 2 is 1.73 bits per heavy atom. The Bertz CT molecular complexity index is 172. The summed E-state index contributed by atoms with van der Waals surface area (Å²) in [6.45, 7) is -0.792. The summed E-state index contributed by atoms with van der Waals surface area (Å²) in [5.74, 6) is -1.23. The predicted molar refractivity (Wildman–Crippen MR) is 48.2 cm³/mol. The van der Waals surface area contributed by atoms with Crippen molar-refractivity contribution in [1.82, 2.24) is 0 Å². The van der Waals surface area contributed by atoms with E-state index in [4.69, 9.17) is 19.7 Å². The summed E-state index contributed by atoms with van der Waals surface area (Å²) in [5, 5.41) is 17.7. The lowest BCUT2D eigenvalue weighted by Crippen LogP contribution is -2.41. The fourth-order valence-electron chi connectivity index (χ4n) is 0.870. The molecule has 0 amide bonds. The van der Waals surface area contributed by atoms with E-state index in [-0.39, 0.29) is 13.6 Å². The zero-order valence-electron chi connectivity index (χ0n) is 8.71. The molecule has 0 fully saturated rings. The fourth-order valence-corrected chi connectivity index (χ4v) is 0.870. The number of rotatable bonds is 9. The van der Waals surface area contributed by atoms with Crippen LogP contribution in [0.3, 0.4) is 0 Å². The van der Waals surface area contributed by atoms with Crippen LogP contribution in [-0.2, 0) is 23.7 Å². The van der Waals surface area contributed by atoms with Gasteiger partial charge in [-0.25, -0.2) is 4.79 Å². The molecule has 0 aliphatic rings. The van der Waals surface area contributed by atoms with Gasteiger partial charge in [0.25, 0.3) is 0 Å². The molecule has 0 bridgehead atoms. The maximum atomic E-state index is 10.8. The second kappa shape index (κ2) is 8.57. The Morgan fingerprint density at radius 3 is 2.13 bits per heavy atom. The van der Waals surface area contributed by atoms with E-state index < -0.39 is 24.8 Å². The van der Waals surface area contributed by atoms with Crippen molar-refractivity contribution >= 4 is 5.97 Å². The smallest absolute Gasteiger partial charge is 0.335 e. The lowest BCUT2D eigenvalue weighted by atomic mass is 10.2. The summed E-state index contributed by atoms with van der Waals surface area (Å²) in [6.07, 6.45) is -2.28. The van der Waals surface area contributed by atoms with Crippen molar-refractivity contribution in [1.29, 1.82) is 0 Å². The highest BCUT2D eigenvalue weighted by molar-refractivity contribution is 5.73. The minimum Gasteiger partial charge on any atom is -0.479 e. The summed E-state index contributed by atoms with van der Waals surface area (Å²) < 4.78 is 18.9. The number of carbonyl (C=O) groups is 1. The van der Waals surface area contributed by atoms with Crippen LogP contribution in [0, 0.1) is 0 Å². The van der Waals surface area contributed by atoms with Gasteiger partial charge in [-0.3, -0.25) is 0 Å². The van der Waals surface area contributed by atoms with Crippen molar-refractivity contribution in [2.45, 2.75) is 12.2 Å². The second-order valence-electron chi connectivity index (χ2n) is 2.63. The molecule has 0 unspecified atom stereocenters. The lowest BCUT2D eigenvalue weighted by Gasteiger charge is -2.21. The van der Waals surface area contributed by atoms with Crippen molar-refractivity contribution in [3.8, 4) is 0 Å². The molecule has 0 rings (SSSR count). The molecule has 0 heterocycles. The third-order valence-electron chi connectivity index (χ3n) is 1.53. The standard InChI is InChI=1S/C8H16O7/c1-12-4-14-6(3-9)7(8(10)11)15-5-13-2/h6-7,9H,3-5H2,1-2H3,(H,10,11)/t6-,7+/m0/s1. The maximum Gasteiger partial charge on any atom is 0.335 e. The molecule has 2 N–H and O–H groups in total. The van der Waals surface area contributed by atoms with Gasteiger partial charge in [-0.05, 0) is 0 Å². The van der Waals surface area contributed by atoms with Gasteiger partial charge < -0.3 is 29.2 Å². The highest BCUT2D eigenvalue weighted by atomic mass is 16.7. The quantitative estimate of drug-likeness (QED) is 0.487. The van der Waals surface area contributed by atoms with Crippen LogP contribution in [0.1, 0.15) is 0 Å². The minimum absolute atomic E-state index is 0.120. The highest BCUT2D eigenvalue weighted by Gasteiger charge is 2.29. The molecule has 0 radical (unpaired) electrons. The van der Waals surface area contributed by atoms with Gasteiger partial charge in [-0.2, -0.15) is 0 Å². The number of methoxy groups -OCH3 is 2. The number of carboxylic acids is 1. The molecule has 15 heavy (non-hydrogen) atoms. The van der Waals surface area contributed by atoms with Crippen molar-refractivity contribution < 1.29 is 34.0 Å². The van der Waals surface area contributed by atoms with E-state index in [1.54, 1.807) is 0 Å². The first-order valence-electron chi connectivity index (χ1n) is 4.22. The zero-order chi connectivity index (χ0) is 11.7. The molecule has 0 aromatic heterocycles. The molecular weight excluding hydrogens is 208 g/mol. The number of aliphatic hydroxyl groups excluding tert-OH is 1. The van der Waals surface area contributed by atoms with Crippen LogP contribution in [0.4, 0.5) is 0 Å². The first kappa shape index (κ1) is 14.3. The van der Waals surface area contributed by atoms with E-state index in [1.807, 2.05) is 0 Å². The number of carboxylic acid groups (broad SMARTS) is 1. The Hall–Kier alpha value is -0.730. The summed E-state index contributed by atoms with van der Waals surface area (Å²) in [5.41, 5.74) is 0. The molecule has 7 heteroatoms. The first-order chi connectivity index (χ1) is 7.17. The molecule has 0 aliphatic carbocycles. The third kappa shape index (κ3) is 5.65. The molecule has 0 aromatic carbocycles. The van der Waals surface area contributed by atoms with Gasteiger partial charge in [0.05, 0.1) is 6.61 Å². The van der Waals surface area contributed by atoms with Crippen LogP contribution in [0.15, 0.2) is 0 Å². The highest BCUT2D eigenvalue weighted by Crippen LogP contribution is 2.05. The average Bonchev–Trinajstić information content (AvgIpc) is 2.22. The minimum atomic E-state index is -1.29. The lowest BCUT2D eigenvalue weighted by molar-refractivity contribution is -0.189. The number of aliphatic hydroxyl groups is 1. The topological polar surface area (TPSA) is 94.5 Å². The van der Waals surface area contributed by atoms with E-state index in [9.17, 15) is 4.79 Å². The van der Waals surface area contributed by atoms with E-state index in [0.717, 1.165) is 0 Å². The zero-order valence-corrected chi connectivity index (χ0v) is 8.71. The van der Waals surface area contributed by atoms with Crippen molar-refractivity contribution in [2.75, 3.05) is 34.4 Å². The van der Waals surface area contributed by atoms with E-state index >= 15 is 0 Å². The van der Waals surface area contributed by atoms with Gasteiger partial charge >= 0.3 is 5.97 Å². The van der Waals surface area contributed by atoms with Gasteiger partial charge in [0.15, 0.2) is 6.10 Å². The molecular formula is C8H16O7. The van der Waals surface area contributed by atoms with Crippen LogP contribution < -0.4 is 0 Å². The predicted octanol–water partition coefficient (Wildman–Crippen LogP) is -0.958. The summed E-state index contributed by atoms with van der Waals surface area (Å²) >= 11 is 0. The summed E-state index contributed by atoms with van der Waals surface area (Å²) in [6, 6.07) is 0. The fraction of sp³-hybridized carbons (Fsp3) is 0.875. The Kier molecular flexibility index (Phi) is 8.15.